The highest BCUT2D eigenvalue weighted by Crippen LogP contribution is 2.24. The molecule has 0 aliphatic rings. The van der Waals surface area contributed by atoms with Gasteiger partial charge in [0.1, 0.15) is 18.2 Å². The van der Waals surface area contributed by atoms with Crippen molar-refractivity contribution in [2.75, 3.05) is 6.54 Å². The third kappa shape index (κ3) is 4.80. The zero-order chi connectivity index (χ0) is 15.2. The summed E-state index contributed by atoms with van der Waals surface area (Å²) in [6.45, 7) is 4.18. The Bertz CT molecular complexity index is 619. The second kappa shape index (κ2) is 7.92. The van der Waals surface area contributed by atoms with Gasteiger partial charge in [-0.1, -0.05) is 28.9 Å². The van der Waals surface area contributed by atoms with Crippen LogP contribution in [-0.4, -0.2) is 6.54 Å². The fourth-order valence-electron chi connectivity index (χ4n) is 1.83. The molecule has 2 rings (SSSR count). The molecule has 0 aromatic heterocycles. The summed E-state index contributed by atoms with van der Waals surface area (Å²) in [6, 6.07) is 10.8. The minimum absolute atomic E-state index is 0.268. The molecule has 0 atom stereocenters. The SMILES string of the molecule is CCNCc1cc(OCc2ccc(F)c(Br)c2)ccc1Br. The first-order valence-electron chi connectivity index (χ1n) is 6.66. The average Bonchev–Trinajstić information content (AvgIpc) is 2.48. The molecule has 0 bridgehead atoms. The van der Waals surface area contributed by atoms with Crippen molar-refractivity contribution in [2.45, 2.75) is 20.1 Å². The highest BCUT2D eigenvalue weighted by atomic mass is 79.9. The summed E-state index contributed by atoms with van der Waals surface area (Å²) in [5.74, 6) is 0.530. The minimum Gasteiger partial charge on any atom is -0.489 e. The predicted molar refractivity (Wildman–Crippen MR) is 90.0 cm³/mol. The Hall–Kier alpha value is -0.910. The van der Waals surface area contributed by atoms with Gasteiger partial charge in [0.25, 0.3) is 0 Å². The lowest BCUT2D eigenvalue weighted by atomic mass is 10.2. The lowest BCUT2D eigenvalue weighted by Crippen LogP contribution is -2.12. The van der Waals surface area contributed by atoms with Gasteiger partial charge in [-0.25, -0.2) is 4.39 Å². The van der Waals surface area contributed by atoms with Gasteiger partial charge in [0.05, 0.1) is 4.47 Å². The molecule has 0 fully saturated rings. The van der Waals surface area contributed by atoms with E-state index < -0.39 is 0 Å². The van der Waals surface area contributed by atoms with Gasteiger partial charge < -0.3 is 10.1 Å². The van der Waals surface area contributed by atoms with Crippen molar-refractivity contribution in [2.24, 2.45) is 0 Å². The molecule has 1 N–H and O–H groups in total. The summed E-state index contributed by atoms with van der Waals surface area (Å²) in [5, 5.41) is 3.29. The highest BCUT2D eigenvalue weighted by molar-refractivity contribution is 9.10. The van der Waals surface area contributed by atoms with Gasteiger partial charge in [-0.2, -0.15) is 0 Å². The number of hydrogen-bond acceptors (Lipinski definition) is 2. The quantitative estimate of drug-likeness (QED) is 0.712. The average molecular weight is 417 g/mol. The van der Waals surface area contributed by atoms with Crippen molar-refractivity contribution in [1.29, 1.82) is 0 Å². The van der Waals surface area contributed by atoms with Crippen LogP contribution in [-0.2, 0) is 13.2 Å². The van der Waals surface area contributed by atoms with E-state index in [4.69, 9.17) is 4.74 Å². The maximum atomic E-state index is 13.2. The van der Waals surface area contributed by atoms with Crippen LogP contribution < -0.4 is 10.1 Å². The van der Waals surface area contributed by atoms with Gasteiger partial charge in [-0.05, 0) is 63.9 Å². The summed E-state index contributed by atoms with van der Waals surface area (Å²) in [4.78, 5) is 0. The number of hydrogen-bond donors (Lipinski definition) is 1. The predicted octanol–water partition coefficient (Wildman–Crippen LogP) is 5.04. The Morgan fingerprint density at radius 2 is 1.90 bits per heavy atom. The van der Waals surface area contributed by atoms with Crippen molar-refractivity contribution in [3.63, 3.8) is 0 Å². The molecule has 21 heavy (non-hydrogen) atoms. The first-order chi connectivity index (χ1) is 10.1. The van der Waals surface area contributed by atoms with Gasteiger partial charge in [-0.15, -0.1) is 0 Å². The van der Waals surface area contributed by atoms with Crippen molar-refractivity contribution < 1.29 is 9.13 Å². The summed E-state index contributed by atoms with van der Waals surface area (Å²) < 4.78 is 20.5. The van der Waals surface area contributed by atoms with E-state index in [9.17, 15) is 4.39 Å². The fourth-order valence-corrected chi connectivity index (χ4v) is 2.65. The van der Waals surface area contributed by atoms with Gasteiger partial charge in [0.2, 0.25) is 0 Å². The monoisotopic (exact) mass is 415 g/mol. The molecular formula is C16H16Br2FNO. The topological polar surface area (TPSA) is 21.3 Å². The van der Waals surface area contributed by atoms with E-state index in [0.29, 0.717) is 11.1 Å². The summed E-state index contributed by atoms with van der Waals surface area (Å²) in [7, 11) is 0. The third-order valence-electron chi connectivity index (χ3n) is 2.97. The minimum atomic E-state index is -0.268. The van der Waals surface area contributed by atoms with Crippen LogP contribution in [0.15, 0.2) is 45.3 Å². The number of ether oxygens (including phenoxy) is 1. The van der Waals surface area contributed by atoms with Crippen molar-refractivity contribution in [1.82, 2.24) is 5.32 Å². The molecule has 2 aromatic rings. The molecule has 0 heterocycles. The number of nitrogens with one attached hydrogen (secondary N) is 1. The summed E-state index contributed by atoms with van der Waals surface area (Å²) in [6.07, 6.45) is 0. The second-order valence-electron chi connectivity index (χ2n) is 4.57. The lowest BCUT2D eigenvalue weighted by Gasteiger charge is -2.10. The first-order valence-corrected chi connectivity index (χ1v) is 8.24. The molecule has 0 aliphatic carbocycles. The Morgan fingerprint density at radius 1 is 1.10 bits per heavy atom. The van der Waals surface area contributed by atoms with Crippen LogP contribution >= 0.6 is 31.9 Å². The molecule has 0 radical (unpaired) electrons. The third-order valence-corrected chi connectivity index (χ3v) is 4.35. The summed E-state index contributed by atoms with van der Waals surface area (Å²) >= 11 is 6.71. The molecule has 2 nitrogen and oxygen atoms in total. The Labute approximate surface area is 141 Å². The van der Waals surface area contributed by atoms with Gasteiger partial charge in [-0.3, -0.25) is 0 Å². The molecule has 0 aliphatic heterocycles. The normalized spacial score (nSPS) is 10.7. The smallest absolute Gasteiger partial charge is 0.137 e. The van der Waals surface area contributed by atoms with E-state index >= 15 is 0 Å². The van der Waals surface area contributed by atoms with Crippen LogP contribution in [0.3, 0.4) is 0 Å². The van der Waals surface area contributed by atoms with E-state index in [-0.39, 0.29) is 5.82 Å². The Morgan fingerprint density at radius 3 is 2.62 bits per heavy atom. The Balaban J connectivity index is 2.03. The molecule has 5 heteroatoms. The number of halogens is 3. The van der Waals surface area contributed by atoms with Gasteiger partial charge >= 0.3 is 0 Å². The Kier molecular flexibility index (Phi) is 6.21. The van der Waals surface area contributed by atoms with Crippen molar-refractivity contribution in [3.05, 3.63) is 62.3 Å². The number of benzene rings is 2. The van der Waals surface area contributed by atoms with Crippen LogP contribution in [0.2, 0.25) is 0 Å². The summed E-state index contributed by atoms with van der Waals surface area (Å²) in [5.41, 5.74) is 2.06. The van der Waals surface area contributed by atoms with E-state index in [1.165, 1.54) is 6.07 Å². The van der Waals surface area contributed by atoms with E-state index in [0.717, 1.165) is 34.4 Å². The standard InChI is InChI=1S/C16H16Br2FNO/c1-2-20-9-12-8-13(4-5-14(12)17)21-10-11-3-6-16(19)15(18)7-11/h3-8,20H,2,9-10H2,1H3. The second-order valence-corrected chi connectivity index (χ2v) is 6.28. The van der Waals surface area contributed by atoms with E-state index in [2.05, 4.69) is 44.1 Å². The zero-order valence-electron chi connectivity index (χ0n) is 11.6. The van der Waals surface area contributed by atoms with Crippen LogP contribution in [0.1, 0.15) is 18.1 Å². The van der Waals surface area contributed by atoms with Gasteiger partial charge in [0.15, 0.2) is 0 Å². The molecule has 0 saturated carbocycles. The van der Waals surface area contributed by atoms with Crippen LogP contribution in [0.5, 0.6) is 5.75 Å². The van der Waals surface area contributed by atoms with Gasteiger partial charge in [0, 0.05) is 11.0 Å². The molecule has 0 saturated heterocycles. The lowest BCUT2D eigenvalue weighted by molar-refractivity contribution is 0.305. The van der Waals surface area contributed by atoms with Crippen molar-refractivity contribution in [3.8, 4) is 5.75 Å². The van der Waals surface area contributed by atoms with Crippen LogP contribution in [0, 0.1) is 5.82 Å². The molecular weight excluding hydrogens is 401 g/mol. The van der Waals surface area contributed by atoms with E-state index in [1.54, 1.807) is 12.1 Å². The fraction of sp³-hybridized carbons (Fsp3) is 0.250. The largest absolute Gasteiger partial charge is 0.489 e. The van der Waals surface area contributed by atoms with Crippen LogP contribution in [0.4, 0.5) is 4.39 Å². The van der Waals surface area contributed by atoms with Crippen LogP contribution in [0.25, 0.3) is 0 Å². The van der Waals surface area contributed by atoms with E-state index in [1.807, 2.05) is 18.2 Å². The molecule has 0 spiro atoms. The molecule has 0 unspecified atom stereocenters. The number of rotatable bonds is 6. The van der Waals surface area contributed by atoms with Crippen molar-refractivity contribution >= 4 is 31.9 Å². The highest BCUT2D eigenvalue weighted by Gasteiger charge is 2.04. The molecule has 2 aromatic carbocycles. The molecule has 112 valence electrons. The molecule has 0 amide bonds. The maximum absolute atomic E-state index is 13.2. The maximum Gasteiger partial charge on any atom is 0.137 e. The first kappa shape index (κ1) is 16.5. The zero-order valence-corrected chi connectivity index (χ0v) is 14.8.